The van der Waals surface area contributed by atoms with E-state index in [4.69, 9.17) is 9.88 Å². The number of nitrogens with zero attached hydrogens (tertiary/aromatic N) is 3. The minimum atomic E-state index is -3.83. The lowest BCUT2D eigenvalue weighted by Crippen LogP contribution is -2.11. The van der Waals surface area contributed by atoms with E-state index in [1.54, 1.807) is 4.57 Å². The minimum absolute atomic E-state index is 0.0258. The second kappa shape index (κ2) is 9.55. The van der Waals surface area contributed by atoms with Crippen molar-refractivity contribution in [1.82, 2.24) is 14.5 Å². The zero-order valence-electron chi connectivity index (χ0n) is 20.2. The average Bonchev–Trinajstić information content (AvgIpc) is 3.70. The van der Waals surface area contributed by atoms with Gasteiger partial charge in [0.05, 0.1) is 4.90 Å². The van der Waals surface area contributed by atoms with Crippen molar-refractivity contribution in [1.29, 1.82) is 0 Å². The Balaban J connectivity index is 1.39. The number of nitrogens with two attached hydrogens (primary N) is 1. The molecule has 1 aliphatic rings. The predicted molar refractivity (Wildman–Crippen MR) is 143 cm³/mol. The largest absolute Gasteiger partial charge is 0.437 e. The van der Waals surface area contributed by atoms with Gasteiger partial charge in [-0.2, -0.15) is 4.98 Å². The second-order valence-electron chi connectivity index (χ2n) is 9.28. The van der Waals surface area contributed by atoms with Crippen molar-refractivity contribution in [2.45, 2.75) is 30.2 Å². The smallest absolute Gasteiger partial charge is 0.249 e. The Morgan fingerprint density at radius 2 is 1.68 bits per heavy atom. The number of halogens is 1. The molecule has 3 aromatic carbocycles. The molecule has 0 radical (unpaired) electrons. The van der Waals surface area contributed by atoms with Gasteiger partial charge >= 0.3 is 0 Å². The average molecular weight is 530 g/mol. The number of hydrogen-bond donors (Lipinski definition) is 2. The van der Waals surface area contributed by atoms with Crippen molar-refractivity contribution in [2.24, 2.45) is 5.14 Å². The van der Waals surface area contributed by atoms with E-state index in [1.807, 2.05) is 54.6 Å². The van der Waals surface area contributed by atoms with Crippen LogP contribution in [-0.2, 0) is 16.6 Å². The van der Waals surface area contributed by atoms with Gasteiger partial charge in [0.25, 0.3) is 0 Å². The molecule has 0 bridgehead atoms. The second-order valence-corrected chi connectivity index (χ2v) is 10.8. The van der Waals surface area contributed by atoms with Crippen LogP contribution in [0.3, 0.4) is 0 Å². The molecule has 2 aromatic heterocycles. The quantitative estimate of drug-likeness (QED) is 0.268. The number of primary sulfonamides is 1. The maximum absolute atomic E-state index is 15.2. The van der Waals surface area contributed by atoms with E-state index in [9.17, 15) is 8.42 Å². The molecule has 0 atom stereocenters. The number of sulfonamides is 1. The summed E-state index contributed by atoms with van der Waals surface area (Å²) in [5.74, 6) is 0.966. The first kappa shape index (κ1) is 24.1. The fraction of sp³-hybridized carbons (Fsp3) is 0.143. The molecule has 2 heterocycles. The Morgan fingerprint density at radius 1 is 0.974 bits per heavy atom. The highest BCUT2D eigenvalue weighted by Crippen LogP contribution is 2.41. The first-order chi connectivity index (χ1) is 18.3. The van der Waals surface area contributed by atoms with Crippen LogP contribution in [0.4, 0.5) is 16.0 Å². The zero-order valence-corrected chi connectivity index (χ0v) is 21.0. The Labute approximate surface area is 219 Å². The maximum Gasteiger partial charge on any atom is 0.249 e. The van der Waals surface area contributed by atoms with Crippen molar-refractivity contribution >= 4 is 32.7 Å². The zero-order chi connectivity index (χ0) is 26.3. The maximum atomic E-state index is 15.2. The molecule has 38 heavy (non-hydrogen) atoms. The van der Waals surface area contributed by atoms with E-state index < -0.39 is 15.8 Å². The third kappa shape index (κ3) is 5.09. The summed E-state index contributed by atoms with van der Waals surface area (Å²) in [6.07, 6.45) is 3.79. The van der Waals surface area contributed by atoms with Gasteiger partial charge in [0.15, 0.2) is 5.82 Å². The fourth-order valence-electron chi connectivity index (χ4n) is 4.35. The molecule has 1 aliphatic carbocycles. The SMILES string of the molecule is NS(=O)(=O)c1ccc(Nc2nc(Oc3ccc(C4CC4)cc3)c3c(n2)c(F)cn3Cc2ccccc2)cc1. The molecule has 0 amide bonds. The van der Waals surface area contributed by atoms with E-state index in [-0.39, 0.29) is 22.2 Å². The lowest BCUT2D eigenvalue weighted by atomic mass is 10.1. The van der Waals surface area contributed by atoms with E-state index in [1.165, 1.54) is 48.9 Å². The summed E-state index contributed by atoms with van der Waals surface area (Å²) < 4.78 is 46.3. The highest BCUT2D eigenvalue weighted by atomic mass is 32.2. The third-order valence-electron chi connectivity index (χ3n) is 6.41. The Kier molecular flexibility index (Phi) is 6.05. The molecule has 192 valence electrons. The van der Waals surface area contributed by atoms with E-state index >= 15 is 4.39 Å². The topological polar surface area (TPSA) is 112 Å². The Bertz CT molecular complexity index is 1720. The lowest BCUT2D eigenvalue weighted by Gasteiger charge is -2.13. The summed E-state index contributed by atoms with van der Waals surface area (Å²) >= 11 is 0. The molecule has 0 aliphatic heterocycles. The van der Waals surface area contributed by atoms with Crippen molar-refractivity contribution in [3.05, 3.63) is 102 Å². The molecule has 0 spiro atoms. The Morgan fingerprint density at radius 3 is 2.34 bits per heavy atom. The molecular formula is C28H24FN5O3S. The number of hydrogen-bond acceptors (Lipinski definition) is 6. The number of aromatic nitrogens is 3. The molecular weight excluding hydrogens is 505 g/mol. The molecule has 6 rings (SSSR count). The van der Waals surface area contributed by atoms with E-state index in [0.717, 1.165) is 5.56 Å². The van der Waals surface area contributed by atoms with Gasteiger partial charge in [0.2, 0.25) is 21.9 Å². The number of anilines is 2. The number of fused-ring (bicyclic) bond motifs is 1. The van der Waals surface area contributed by atoms with Gasteiger partial charge in [-0.3, -0.25) is 0 Å². The van der Waals surface area contributed by atoms with Crippen LogP contribution >= 0.6 is 0 Å². The van der Waals surface area contributed by atoms with Crippen molar-refractivity contribution in [3.63, 3.8) is 0 Å². The molecule has 10 heteroatoms. The van der Waals surface area contributed by atoms with Gasteiger partial charge in [0, 0.05) is 18.4 Å². The monoisotopic (exact) mass is 529 g/mol. The Hall–Kier alpha value is -4.28. The van der Waals surface area contributed by atoms with Crippen molar-refractivity contribution in [2.75, 3.05) is 5.32 Å². The normalized spacial score (nSPS) is 13.5. The number of benzene rings is 3. The van der Waals surface area contributed by atoms with Crippen LogP contribution in [0.2, 0.25) is 0 Å². The predicted octanol–water partition coefficient (Wildman–Crippen LogP) is 5.68. The van der Waals surface area contributed by atoms with Gasteiger partial charge in [-0.25, -0.2) is 22.9 Å². The summed E-state index contributed by atoms with van der Waals surface area (Å²) in [4.78, 5) is 8.96. The standard InChI is InChI=1S/C28H24FN5O3S/c29-24-17-34(16-18-4-2-1-3-5-18)26-25(24)32-28(31-21-10-14-23(15-11-21)38(30,35)36)33-27(26)37-22-12-8-20(9-13-22)19-6-7-19/h1-5,8-15,17,19H,6-7,16H2,(H2,30,35,36)(H,31,32,33). The molecule has 5 aromatic rings. The number of nitrogens with one attached hydrogen (secondary N) is 1. The molecule has 1 fully saturated rings. The van der Waals surface area contributed by atoms with Gasteiger partial charge in [-0.15, -0.1) is 0 Å². The minimum Gasteiger partial charge on any atom is -0.437 e. The highest BCUT2D eigenvalue weighted by Gasteiger charge is 2.24. The van der Waals surface area contributed by atoms with Crippen LogP contribution in [0, 0.1) is 5.82 Å². The lowest BCUT2D eigenvalue weighted by molar-refractivity contribution is 0.465. The van der Waals surface area contributed by atoms with Gasteiger partial charge < -0.3 is 14.6 Å². The van der Waals surface area contributed by atoms with Crippen molar-refractivity contribution in [3.8, 4) is 11.6 Å². The molecule has 0 saturated heterocycles. The molecule has 1 saturated carbocycles. The summed E-state index contributed by atoms with van der Waals surface area (Å²) in [7, 11) is -3.83. The van der Waals surface area contributed by atoms with Crippen LogP contribution in [0.1, 0.15) is 29.9 Å². The van der Waals surface area contributed by atoms with Gasteiger partial charge in [-0.05, 0) is 66.3 Å². The summed E-state index contributed by atoms with van der Waals surface area (Å²) in [6, 6.07) is 23.4. The van der Waals surface area contributed by atoms with E-state index in [2.05, 4.69) is 15.3 Å². The highest BCUT2D eigenvalue weighted by molar-refractivity contribution is 7.89. The van der Waals surface area contributed by atoms with Crippen molar-refractivity contribution < 1.29 is 17.5 Å². The van der Waals surface area contributed by atoms with Gasteiger partial charge in [0.1, 0.15) is 16.8 Å². The fourth-order valence-corrected chi connectivity index (χ4v) is 4.86. The summed E-state index contributed by atoms with van der Waals surface area (Å²) in [5.41, 5.74) is 3.29. The molecule has 0 unspecified atom stereocenters. The van der Waals surface area contributed by atoms with Crippen LogP contribution in [0.15, 0.2) is 90.0 Å². The van der Waals surface area contributed by atoms with Crippen LogP contribution in [-0.4, -0.2) is 23.0 Å². The third-order valence-corrected chi connectivity index (χ3v) is 7.34. The van der Waals surface area contributed by atoms with Crippen LogP contribution in [0.5, 0.6) is 11.6 Å². The summed E-state index contributed by atoms with van der Waals surface area (Å²) in [5, 5.41) is 8.19. The molecule has 8 nitrogen and oxygen atoms in total. The van der Waals surface area contributed by atoms with Crippen LogP contribution in [0.25, 0.3) is 11.0 Å². The van der Waals surface area contributed by atoms with Crippen LogP contribution < -0.4 is 15.2 Å². The number of ether oxygens (including phenoxy) is 1. The first-order valence-corrected chi connectivity index (χ1v) is 13.7. The van der Waals surface area contributed by atoms with Gasteiger partial charge in [-0.1, -0.05) is 42.5 Å². The van der Waals surface area contributed by atoms with E-state index in [0.29, 0.717) is 29.4 Å². The summed E-state index contributed by atoms with van der Waals surface area (Å²) in [6.45, 7) is 0.406. The number of rotatable bonds is 8. The molecule has 3 N–H and O–H groups in total. The first-order valence-electron chi connectivity index (χ1n) is 12.1.